The summed E-state index contributed by atoms with van der Waals surface area (Å²) in [5.41, 5.74) is 5.40. The molecule has 0 aliphatic carbocycles. The molecule has 89 heavy (non-hydrogen) atoms. The lowest BCUT2D eigenvalue weighted by Crippen LogP contribution is -2.29. The number of nitrogens with two attached hydrogens (primary N) is 1. The van der Waals surface area contributed by atoms with Gasteiger partial charge in [-0.25, -0.2) is 4.57 Å². The molecule has 0 spiro atoms. The van der Waals surface area contributed by atoms with Crippen LogP contribution in [-0.4, -0.2) is 49.3 Å². The Morgan fingerprint density at radius 2 is 0.618 bits per heavy atom. The summed E-state index contributed by atoms with van der Waals surface area (Å²) in [6.07, 6.45) is 103. The number of unbranched alkanes of at least 4 members (excludes halogenated alkanes) is 36. The minimum atomic E-state index is -4.41. The molecule has 0 bridgehead atoms. The molecule has 0 rings (SSSR count). The van der Waals surface area contributed by atoms with Crippen molar-refractivity contribution in [1.82, 2.24) is 0 Å². The Hall–Kier alpha value is -3.59. The fraction of sp³-hybridized carbons (Fsp3) is 0.722. The van der Waals surface area contributed by atoms with E-state index >= 15 is 0 Å². The van der Waals surface area contributed by atoms with Gasteiger partial charge in [-0.1, -0.05) is 334 Å². The Labute approximate surface area is 549 Å². The fourth-order valence-electron chi connectivity index (χ4n) is 10.4. The van der Waals surface area contributed by atoms with Gasteiger partial charge in [-0.2, -0.15) is 0 Å². The number of hydrogen-bond donors (Lipinski definition) is 2. The number of phosphoric acid groups is 1. The molecule has 9 nitrogen and oxygen atoms in total. The summed E-state index contributed by atoms with van der Waals surface area (Å²) in [6, 6.07) is 0. The Morgan fingerprint density at radius 1 is 0.348 bits per heavy atom. The van der Waals surface area contributed by atoms with Crippen molar-refractivity contribution < 1.29 is 37.6 Å². The van der Waals surface area contributed by atoms with Crippen LogP contribution in [0.3, 0.4) is 0 Å². The molecule has 2 unspecified atom stereocenters. The van der Waals surface area contributed by atoms with Gasteiger partial charge in [0.25, 0.3) is 0 Å². The third-order valence-electron chi connectivity index (χ3n) is 15.8. The molecule has 0 aromatic carbocycles. The zero-order valence-corrected chi connectivity index (χ0v) is 58.5. The molecule has 0 aliphatic rings. The number of allylic oxidation sites excluding steroid dienone is 20. The maximum atomic E-state index is 12.8. The summed E-state index contributed by atoms with van der Waals surface area (Å²) < 4.78 is 33.2. The van der Waals surface area contributed by atoms with Crippen LogP contribution < -0.4 is 5.73 Å². The maximum Gasteiger partial charge on any atom is 0.472 e. The molecule has 0 radical (unpaired) electrons. The van der Waals surface area contributed by atoms with Crippen molar-refractivity contribution in [1.29, 1.82) is 0 Å². The van der Waals surface area contributed by atoms with Crippen molar-refractivity contribution in [2.75, 3.05) is 26.4 Å². The van der Waals surface area contributed by atoms with Crippen molar-refractivity contribution in [3.05, 3.63) is 122 Å². The van der Waals surface area contributed by atoms with Gasteiger partial charge in [0, 0.05) is 19.4 Å². The molecule has 0 saturated carbocycles. The predicted molar refractivity (Wildman–Crippen MR) is 385 cm³/mol. The number of ether oxygens (including phenoxy) is 2. The van der Waals surface area contributed by atoms with Crippen LogP contribution in [0.5, 0.6) is 0 Å². The van der Waals surface area contributed by atoms with E-state index in [2.05, 4.69) is 135 Å². The van der Waals surface area contributed by atoms with E-state index in [9.17, 15) is 19.0 Å². The largest absolute Gasteiger partial charge is 0.472 e. The minimum absolute atomic E-state index is 0.0452. The molecule has 0 aromatic rings. The summed E-state index contributed by atoms with van der Waals surface area (Å²) in [6.45, 7) is 3.64. The molecule has 0 fully saturated rings. The normalized spacial score (nSPS) is 13.6. The summed E-state index contributed by atoms with van der Waals surface area (Å²) >= 11 is 0. The third-order valence-corrected chi connectivity index (χ3v) is 16.8. The summed E-state index contributed by atoms with van der Waals surface area (Å²) in [5, 5.41) is 0. The second kappa shape index (κ2) is 73.5. The number of carbonyl (C=O) groups is 2. The monoisotopic (exact) mass is 1260 g/mol. The maximum absolute atomic E-state index is 12.8. The highest BCUT2D eigenvalue weighted by molar-refractivity contribution is 7.47. The Balaban J connectivity index is 3.91. The first kappa shape index (κ1) is 85.4. The molecule has 0 aliphatic heterocycles. The van der Waals surface area contributed by atoms with E-state index in [0.717, 1.165) is 109 Å². The molecular formula is C79H138NO8P. The SMILES string of the molecule is CC/C=C\C/C=C\C/C=C\C/C=C\C/C=C\C/C=C\C/C=C\C/C=C\C/C=C\CCCCCCCC(=O)OC(COC(=O)CCCCCCCCCCCCCCCCCCCCCCCCC/C=C\CCCCCCCCCC)COP(=O)(O)OCCN. The Kier molecular flexibility index (Phi) is 70.5. The van der Waals surface area contributed by atoms with E-state index < -0.39 is 26.5 Å². The van der Waals surface area contributed by atoms with E-state index in [1.807, 2.05) is 0 Å². The lowest BCUT2D eigenvalue weighted by molar-refractivity contribution is -0.161. The number of esters is 2. The molecule has 10 heteroatoms. The van der Waals surface area contributed by atoms with Gasteiger partial charge >= 0.3 is 19.8 Å². The van der Waals surface area contributed by atoms with Gasteiger partial charge < -0.3 is 20.1 Å². The lowest BCUT2D eigenvalue weighted by atomic mass is 10.0. The average molecular weight is 1260 g/mol. The summed E-state index contributed by atoms with van der Waals surface area (Å²) in [4.78, 5) is 35.4. The van der Waals surface area contributed by atoms with E-state index in [-0.39, 0.29) is 38.6 Å². The first-order valence-electron chi connectivity index (χ1n) is 37.0. The quantitative estimate of drug-likeness (QED) is 0.0264. The number of carbonyl (C=O) groups excluding carboxylic acids is 2. The van der Waals surface area contributed by atoms with Crippen LogP contribution in [0.25, 0.3) is 0 Å². The molecule has 3 N–H and O–H groups in total. The lowest BCUT2D eigenvalue weighted by Gasteiger charge is -2.19. The number of phosphoric ester groups is 1. The van der Waals surface area contributed by atoms with Crippen LogP contribution in [0.1, 0.15) is 335 Å². The van der Waals surface area contributed by atoms with Crippen LogP contribution in [0.4, 0.5) is 0 Å². The molecule has 512 valence electrons. The van der Waals surface area contributed by atoms with Crippen LogP contribution in [-0.2, 0) is 32.7 Å². The van der Waals surface area contributed by atoms with Gasteiger partial charge in [0.15, 0.2) is 6.10 Å². The zero-order valence-electron chi connectivity index (χ0n) is 57.6. The van der Waals surface area contributed by atoms with Gasteiger partial charge in [-0.15, -0.1) is 0 Å². The zero-order chi connectivity index (χ0) is 64.4. The van der Waals surface area contributed by atoms with Gasteiger partial charge in [-0.05, 0) is 109 Å². The standard InChI is InChI=1S/C79H138NO8P/c1-3-5-7-9-11-13-15-17-19-21-23-25-27-29-31-33-35-37-38-40-41-43-45-47-49-51-53-55-57-59-61-63-65-67-69-71-78(81)85-75-77(76-87-89(83,84)86-74-73-80)88-79(82)72-70-68-66-64-62-60-58-56-54-52-50-48-46-44-42-39-36-34-32-30-28-26-24-22-20-18-16-14-12-10-8-6-4-2/h6,8,12,14,18,20-21,23-24,26,30,32,36,39,44,46,50,52,56,58,77H,3-5,7,9-11,13,15-17,19,22,25,27-29,31,33-35,37-38,40-43,45,47-49,51,53-55,57,59-76,80H2,1-2H3,(H,83,84)/b8-6-,14-12-,20-18-,23-21-,26-24-,32-30-,39-36-,46-44-,52-50-,58-56-. The second-order valence-corrected chi connectivity index (χ2v) is 25.9. The fourth-order valence-corrected chi connectivity index (χ4v) is 11.2. The van der Waals surface area contributed by atoms with E-state index in [4.69, 9.17) is 24.3 Å². The number of hydrogen-bond acceptors (Lipinski definition) is 8. The van der Waals surface area contributed by atoms with Crippen molar-refractivity contribution in [2.24, 2.45) is 5.73 Å². The highest BCUT2D eigenvalue weighted by atomic mass is 31.2. The molecular weight excluding hydrogens is 1120 g/mol. The van der Waals surface area contributed by atoms with Crippen molar-refractivity contribution >= 4 is 19.8 Å². The van der Waals surface area contributed by atoms with E-state index in [1.165, 1.54) is 193 Å². The molecule has 0 saturated heterocycles. The van der Waals surface area contributed by atoms with Gasteiger partial charge in [0.05, 0.1) is 13.2 Å². The molecule has 0 heterocycles. The predicted octanol–water partition coefficient (Wildman–Crippen LogP) is 24.6. The van der Waals surface area contributed by atoms with Crippen LogP contribution in [0, 0.1) is 0 Å². The van der Waals surface area contributed by atoms with Crippen LogP contribution in [0.2, 0.25) is 0 Å². The Morgan fingerprint density at radius 3 is 0.933 bits per heavy atom. The van der Waals surface area contributed by atoms with Gasteiger partial charge in [0.1, 0.15) is 6.61 Å². The summed E-state index contributed by atoms with van der Waals surface area (Å²) in [7, 11) is -4.41. The average Bonchev–Trinajstić information content (AvgIpc) is 3.58. The number of rotatable bonds is 69. The van der Waals surface area contributed by atoms with Crippen LogP contribution in [0.15, 0.2) is 122 Å². The highest BCUT2D eigenvalue weighted by Gasteiger charge is 2.26. The van der Waals surface area contributed by atoms with Crippen LogP contribution >= 0.6 is 7.82 Å². The molecule has 0 aromatic heterocycles. The van der Waals surface area contributed by atoms with Crippen molar-refractivity contribution in [2.45, 2.75) is 341 Å². The molecule has 2 atom stereocenters. The topological polar surface area (TPSA) is 134 Å². The highest BCUT2D eigenvalue weighted by Crippen LogP contribution is 2.43. The third kappa shape index (κ3) is 73.3. The Bertz CT molecular complexity index is 1880. The second-order valence-electron chi connectivity index (χ2n) is 24.4. The van der Waals surface area contributed by atoms with Gasteiger partial charge in [-0.3, -0.25) is 18.6 Å². The smallest absolute Gasteiger partial charge is 0.462 e. The first-order chi connectivity index (χ1) is 43.8. The van der Waals surface area contributed by atoms with Gasteiger partial charge in [0.2, 0.25) is 0 Å². The van der Waals surface area contributed by atoms with E-state index in [1.54, 1.807) is 0 Å². The van der Waals surface area contributed by atoms with E-state index in [0.29, 0.717) is 6.42 Å². The van der Waals surface area contributed by atoms with Crippen molar-refractivity contribution in [3.63, 3.8) is 0 Å². The summed E-state index contributed by atoms with van der Waals surface area (Å²) in [5.74, 6) is -0.845. The van der Waals surface area contributed by atoms with Crippen molar-refractivity contribution in [3.8, 4) is 0 Å². The minimum Gasteiger partial charge on any atom is -0.462 e. The first-order valence-corrected chi connectivity index (χ1v) is 38.5. The molecule has 0 amide bonds.